The number of benzene rings is 3. The number of carbonyl (C=O) groups is 2. The average molecular weight is 443 g/mol. The minimum atomic E-state index is -0.299. The largest absolute Gasteiger partial charge is 0.495 e. The van der Waals surface area contributed by atoms with Crippen molar-refractivity contribution < 1.29 is 14.3 Å². The van der Waals surface area contributed by atoms with Crippen molar-refractivity contribution in [2.24, 2.45) is 0 Å². The Morgan fingerprint density at radius 1 is 0.939 bits per heavy atom. The van der Waals surface area contributed by atoms with E-state index in [1.54, 1.807) is 66.7 Å². The molecule has 0 aliphatic carbocycles. The molecule has 0 unspecified atom stereocenters. The van der Waals surface area contributed by atoms with E-state index in [1.807, 2.05) is 6.07 Å². The van der Waals surface area contributed by atoms with E-state index in [4.69, 9.17) is 4.74 Å². The number of hydrogen-bond acceptors (Lipinski definition) is 6. The van der Waals surface area contributed by atoms with Gasteiger partial charge < -0.3 is 15.4 Å². The van der Waals surface area contributed by atoms with Gasteiger partial charge in [0.1, 0.15) is 11.3 Å². The van der Waals surface area contributed by atoms with Crippen molar-refractivity contribution in [2.45, 2.75) is 13.0 Å². The first-order valence-electron chi connectivity index (χ1n) is 10.2. The Balaban J connectivity index is 1.35. The van der Waals surface area contributed by atoms with E-state index >= 15 is 0 Å². The molecule has 2 N–H and O–H groups in total. The minimum Gasteiger partial charge on any atom is -0.495 e. The van der Waals surface area contributed by atoms with Crippen molar-refractivity contribution in [1.82, 2.24) is 15.0 Å². The summed E-state index contributed by atoms with van der Waals surface area (Å²) in [5.74, 6) is -0.0281. The molecule has 3 aromatic carbocycles. The van der Waals surface area contributed by atoms with Gasteiger partial charge in [-0.1, -0.05) is 29.5 Å². The highest BCUT2D eigenvalue weighted by Gasteiger charge is 2.11. The normalized spacial score (nSPS) is 10.6. The second kappa shape index (κ2) is 9.73. The second-order valence-corrected chi connectivity index (χ2v) is 7.16. The maximum atomic E-state index is 12.5. The van der Waals surface area contributed by atoms with Gasteiger partial charge in [-0.25, -0.2) is 4.68 Å². The van der Waals surface area contributed by atoms with Crippen LogP contribution >= 0.6 is 0 Å². The predicted molar refractivity (Wildman–Crippen MR) is 124 cm³/mol. The smallest absolute Gasteiger partial charge is 0.277 e. The Morgan fingerprint density at radius 2 is 1.67 bits per heavy atom. The Bertz CT molecular complexity index is 1370. The number of carbonyl (C=O) groups excluding carboxylic acids is 2. The van der Waals surface area contributed by atoms with Gasteiger partial charge in [-0.05, 0) is 48.5 Å². The van der Waals surface area contributed by atoms with Crippen molar-refractivity contribution in [1.29, 1.82) is 0 Å². The summed E-state index contributed by atoms with van der Waals surface area (Å²) >= 11 is 0. The third-order valence-electron chi connectivity index (χ3n) is 4.97. The SMILES string of the molecule is COc1ccccc1NC(=O)c1ccc(NC(=O)CCn2nnc3ccccc3c2=O)cc1. The number of para-hydroxylation sites is 2. The van der Waals surface area contributed by atoms with E-state index < -0.39 is 0 Å². The van der Waals surface area contributed by atoms with Gasteiger partial charge in [-0.3, -0.25) is 14.4 Å². The molecule has 0 bridgehead atoms. The summed E-state index contributed by atoms with van der Waals surface area (Å²) in [5, 5.41) is 13.9. The van der Waals surface area contributed by atoms with Gasteiger partial charge in [-0.15, -0.1) is 5.10 Å². The van der Waals surface area contributed by atoms with Crippen molar-refractivity contribution in [2.75, 3.05) is 17.7 Å². The lowest BCUT2D eigenvalue weighted by atomic mass is 10.2. The topological polar surface area (TPSA) is 115 Å². The summed E-state index contributed by atoms with van der Waals surface area (Å²) in [5.41, 5.74) is 1.74. The number of nitrogens with zero attached hydrogens (tertiary/aromatic N) is 3. The molecule has 0 aliphatic heterocycles. The number of amides is 2. The molecule has 0 aliphatic rings. The molecule has 4 aromatic rings. The summed E-state index contributed by atoms with van der Waals surface area (Å²) in [6, 6.07) is 20.5. The van der Waals surface area contributed by atoms with Gasteiger partial charge >= 0.3 is 0 Å². The summed E-state index contributed by atoms with van der Waals surface area (Å²) in [4.78, 5) is 37.3. The zero-order valence-corrected chi connectivity index (χ0v) is 17.8. The molecule has 2 amide bonds. The lowest BCUT2D eigenvalue weighted by Crippen LogP contribution is -2.26. The number of nitrogens with one attached hydrogen (secondary N) is 2. The number of aromatic nitrogens is 3. The fraction of sp³-hybridized carbons (Fsp3) is 0.125. The molecule has 9 heteroatoms. The molecule has 0 fully saturated rings. The van der Waals surface area contributed by atoms with Crippen LogP contribution in [0.3, 0.4) is 0 Å². The van der Waals surface area contributed by atoms with Gasteiger partial charge in [0.05, 0.1) is 24.7 Å². The van der Waals surface area contributed by atoms with Crippen molar-refractivity contribution >= 4 is 34.1 Å². The maximum absolute atomic E-state index is 12.5. The van der Waals surface area contributed by atoms with E-state index in [0.29, 0.717) is 33.6 Å². The Hall–Kier alpha value is -4.53. The Labute approximate surface area is 189 Å². The molecular weight excluding hydrogens is 422 g/mol. The zero-order chi connectivity index (χ0) is 23.2. The highest BCUT2D eigenvalue weighted by molar-refractivity contribution is 6.05. The lowest BCUT2D eigenvalue weighted by Gasteiger charge is -2.10. The summed E-state index contributed by atoms with van der Waals surface area (Å²) in [6.07, 6.45) is 0.0446. The first-order chi connectivity index (χ1) is 16.0. The second-order valence-electron chi connectivity index (χ2n) is 7.16. The molecule has 0 spiro atoms. The molecule has 0 atom stereocenters. The molecule has 4 rings (SSSR count). The average Bonchev–Trinajstić information content (AvgIpc) is 2.84. The fourth-order valence-corrected chi connectivity index (χ4v) is 3.25. The number of ether oxygens (including phenoxy) is 1. The number of methoxy groups -OCH3 is 1. The molecule has 0 saturated heterocycles. The molecule has 1 aromatic heterocycles. The van der Waals surface area contributed by atoms with Crippen LogP contribution < -0.4 is 20.9 Å². The van der Waals surface area contributed by atoms with Gasteiger partial charge in [0.15, 0.2) is 0 Å². The quantitative estimate of drug-likeness (QED) is 0.454. The number of hydrogen-bond donors (Lipinski definition) is 2. The van der Waals surface area contributed by atoms with Crippen LogP contribution in [0.1, 0.15) is 16.8 Å². The monoisotopic (exact) mass is 443 g/mol. The lowest BCUT2D eigenvalue weighted by molar-refractivity contribution is -0.116. The predicted octanol–water partition coefficient (Wildman–Crippen LogP) is 3.08. The number of rotatable bonds is 7. The van der Waals surface area contributed by atoms with Gasteiger partial charge in [-0.2, -0.15) is 0 Å². The third kappa shape index (κ3) is 5.04. The van der Waals surface area contributed by atoms with Crippen LogP contribution in [0.15, 0.2) is 77.6 Å². The molecule has 9 nitrogen and oxygen atoms in total. The molecule has 33 heavy (non-hydrogen) atoms. The molecule has 1 heterocycles. The van der Waals surface area contributed by atoms with Gasteiger partial charge in [0.2, 0.25) is 5.91 Å². The van der Waals surface area contributed by atoms with Crippen molar-refractivity contribution in [3.05, 3.63) is 88.7 Å². The van der Waals surface area contributed by atoms with Crippen LogP contribution in [-0.4, -0.2) is 33.9 Å². The van der Waals surface area contributed by atoms with Crippen LogP contribution in [-0.2, 0) is 11.3 Å². The highest BCUT2D eigenvalue weighted by atomic mass is 16.5. The van der Waals surface area contributed by atoms with Crippen molar-refractivity contribution in [3.8, 4) is 5.75 Å². The Kier molecular flexibility index (Phi) is 6.40. The van der Waals surface area contributed by atoms with Gasteiger partial charge in [0.25, 0.3) is 11.5 Å². The van der Waals surface area contributed by atoms with Gasteiger partial charge in [0, 0.05) is 17.7 Å². The number of anilines is 2. The molecule has 166 valence electrons. The maximum Gasteiger partial charge on any atom is 0.277 e. The van der Waals surface area contributed by atoms with E-state index in [0.717, 1.165) is 0 Å². The van der Waals surface area contributed by atoms with Crippen LogP contribution in [0.4, 0.5) is 11.4 Å². The highest BCUT2D eigenvalue weighted by Crippen LogP contribution is 2.23. The molecule has 0 radical (unpaired) electrons. The molecule has 0 saturated carbocycles. The van der Waals surface area contributed by atoms with Crippen LogP contribution in [0.2, 0.25) is 0 Å². The first kappa shape index (κ1) is 21.7. The zero-order valence-electron chi connectivity index (χ0n) is 17.8. The Morgan fingerprint density at radius 3 is 2.45 bits per heavy atom. The first-order valence-corrected chi connectivity index (χ1v) is 10.2. The fourth-order valence-electron chi connectivity index (χ4n) is 3.25. The minimum absolute atomic E-state index is 0.0446. The number of fused-ring (bicyclic) bond motifs is 1. The van der Waals surface area contributed by atoms with Crippen molar-refractivity contribution in [3.63, 3.8) is 0 Å². The van der Waals surface area contributed by atoms with E-state index in [9.17, 15) is 14.4 Å². The standard InChI is InChI=1S/C24H21N5O4/c1-33-21-9-5-4-8-20(21)26-23(31)16-10-12-17(13-11-16)25-22(30)14-15-29-24(32)18-6-2-3-7-19(18)27-28-29/h2-13H,14-15H2,1H3,(H,25,30)(H,26,31). The summed E-state index contributed by atoms with van der Waals surface area (Å²) in [7, 11) is 1.53. The van der Waals surface area contributed by atoms with Crippen LogP contribution in [0, 0.1) is 0 Å². The van der Waals surface area contributed by atoms with Crippen LogP contribution in [0.5, 0.6) is 5.75 Å². The van der Waals surface area contributed by atoms with Crippen LogP contribution in [0.25, 0.3) is 10.9 Å². The summed E-state index contributed by atoms with van der Waals surface area (Å²) in [6.45, 7) is 0.0991. The molecular formula is C24H21N5O4. The number of aryl methyl sites for hydroxylation is 1. The van der Waals surface area contributed by atoms with E-state index in [1.165, 1.54) is 11.8 Å². The summed E-state index contributed by atoms with van der Waals surface area (Å²) < 4.78 is 6.41. The van der Waals surface area contributed by atoms with E-state index in [-0.39, 0.29) is 30.3 Å². The third-order valence-corrected chi connectivity index (χ3v) is 4.97. The van der Waals surface area contributed by atoms with E-state index in [2.05, 4.69) is 20.9 Å².